The maximum atomic E-state index is 13.5. The highest BCUT2D eigenvalue weighted by molar-refractivity contribution is 5.36. The van der Waals surface area contributed by atoms with Crippen molar-refractivity contribution in [2.75, 3.05) is 7.11 Å². The van der Waals surface area contributed by atoms with Crippen LogP contribution < -0.4 is 16.0 Å². The summed E-state index contributed by atoms with van der Waals surface area (Å²) in [5.74, 6) is -0.114. The molecule has 0 aliphatic carbocycles. The van der Waals surface area contributed by atoms with Crippen LogP contribution in [-0.2, 0) is 19.5 Å². The number of hydrogen-bond acceptors (Lipinski definition) is 4. The van der Waals surface area contributed by atoms with Gasteiger partial charge in [-0.1, -0.05) is 0 Å². The highest BCUT2D eigenvalue weighted by Gasteiger charge is 2.23. The predicted molar refractivity (Wildman–Crippen MR) is 80.1 cm³/mol. The van der Waals surface area contributed by atoms with E-state index < -0.39 is 17.1 Å². The Morgan fingerprint density at radius 1 is 1.39 bits per heavy atom. The number of rotatable bonds is 3. The van der Waals surface area contributed by atoms with Crippen molar-refractivity contribution in [2.24, 2.45) is 0 Å². The van der Waals surface area contributed by atoms with Gasteiger partial charge in [-0.2, -0.15) is 5.26 Å². The van der Waals surface area contributed by atoms with Gasteiger partial charge >= 0.3 is 5.69 Å². The molecule has 0 N–H and O–H groups in total. The van der Waals surface area contributed by atoms with Crippen LogP contribution in [0.25, 0.3) is 0 Å². The number of aromatic nitrogens is 2. The van der Waals surface area contributed by atoms with Crippen molar-refractivity contribution in [1.29, 1.82) is 5.26 Å². The van der Waals surface area contributed by atoms with Crippen LogP contribution in [0, 0.1) is 17.1 Å². The van der Waals surface area contributed by atoms with E-state index in [1.54, 1.807) is 0 Å². The Balaban J connectivity index is 2.20. The number of nitrogens with zero attached hydrogens (tertiary/aromatic N) is 3. The Hall–Kier alpha value is -2.88. The quantitative estimate of drug-likeness (QED) is 0.847. The molecule has 0 amide bonds. The Morgan fingerprint density at radius 3 is 2.87 bits per heavy atom. The molecule has 1 aromatic heterocycles. The Labute approximate surface area is 131 Å². The molecular weight excluding hydrogens is 301 g/mol. The van der Waals surface area contributed by atoms with E-state index in [4.69, 9.17) is 4.74 Å². The zero-order chi connectivity index (χ0) is 16.6. The van der Waals surface area contributed by atoms with E-state index >= 15 is 0 Å². The summed E-state index contributed by atoms with van der Waals surface area (Å²) in [7, 11) is 1.43. The first kappa shape index (κ1) is 15.0. The molecule has 0 unspecified atom stereocenters. The highest BCUT2D eigenvalue weighted by Crippen LogP contribution is 2.20. The summed E-state index contributed by atoms with van der Waals surface area (Å²) in [6.07, 6.45) is 1.26. The maximum Gasteiger partial charge on any atom is 0.331 e. The molecule has 0 fully saturated rings. The average molecular weight is 315 g/mol. The number of ether oxygens (including phenoxy) is 1. The number of fused-ring (bicyclic) bond motifs is 1. The second kappa shape index (κ2) is 5.72. The highest BCUT2D eigenvalue weighted by atomic mass is 19.1. The summed E-state index contributed by atoms with van der Waals surface area (Å²) in [5.41, 5.74) is -0.277. The van der Waals surface area contributed by atoms with Crippen molar-refractivity contribution in [1.82, 2.24) is 9.13 Å². The van der Waals surface area contributed by atoms with Crippen molar-refractivity contribution in [3.63, 3.8) is 0 Å². The number of halogens is 1. The predicted octanol–water partition coefficient (Wildman–Crippen LogP) is 1.02. The molecule has 7 heteroatoms. The van der Waals surface area contributed by atoms with Crippen LogP contribution in [-0.4, -0.2) is 16.2 Å². The van der Waals surface area contributed by atoms with Gasteiger partial charge in [0.15, 0.2) is 0 Å². The Bertz CT molecular complexity index is 937. The van der Waals surface area contributed by atoms with Gasteiger partial charge in [-0.15, -0.1) is 0 Å². The molecule has 0 atom stereocenters. The fourth-order valence-electron chi connectivity index (χ4n) is 2.93. The second-order valence-electron chi connectivity index (χ2n) is 5.32. The fourth-order valence-corrected chi connectivity index (χ4v) is 2.93. The van der Waals surface area contributed by atoms with Gasteiger partial charge in [0, 0.05) is 17.8 Å². The molecule has 1 aliphatic heterocycles. The summed E-state index contributed by atoms with van der Waals surface area (Å²) < 4.78 is 21.0. The molecule has 3 rings (SSSR count). The lowest BCUT2D eigenvalue weighted by atomic mass is 10.1. The molecule has 0 saturated heterocycles. The number of hydrogen-bond donors (Lipinski definition) is 0. The van der Waals surface area contributed by atoms with Crippen molar-refractivity contribution in [3.05, 3.63) is 61.7 Å². The lowest BCUT2D eigenvalue weighted by molar-refractivity contribution is 0.405. The van der Waals surface area contributed by atoms with Crippen molar-refractivity contribution in [3.8, 4) is 11.8 Å². The van der Waals surface area contributed by atoms with Crippen LogP contribution in [0.1, 0.15) is 23.2 Å². The molecular formula is C16H14FN3O3. The average Bonchev–Trinajstić information content (AvgIpc) is 3.01. The van der Waals surface area contributed by atoms with Gasteiger partial charge < -0.3 is 4.74 Å². The van der Waals surface area contributed by atoms with E-state index in [-0.39, 0.29) is 12.1 Å². The summed E-state index contributed by atoms with van der Waals surface area (Å²) in [4.78, 5) is 25.0. The van der Waals surface area contributed by atoms with Crippen LogP contribution in [0.15, 0.2) is 27.8 Å². The Kier molecular flexibility index (Phi) is 3.74. The van der Waals surface area contributed by atoms with Gasteiger partial charge in [0.1, 0.15) is 23.2 Å². The third-order valence-corrected chi connectivity index (χ3v) is 4.01. The van der Waals surface area contributed by atoms with Gasteiger partial charge in [-0.25, -0.2) is 9.18 Å². The standard InChI is InChI=1S/C16H14FN3O3/c1-23-14-5-4-11(17)7-10(14)9-20-15(21)12(8-18)13-3-2-6-19(13)16(20)22/h4-5,7H,2-3,6,9H2,1H3. The third kappa shape index (κ3) is 2.42. The summed E-state index contributed by atoms with van der Waals surface area (Å²) in [6.45, 7) is 0.330. The molecule has 6 nitrogen and oxygen atoms in total. The topological polar surface area (TPSA) is 77.0 Å². The van der Waals surface area contributed by atoms with Gasteiger partial charge in [0.2, 0.25) is 0 Å². The fraction of sp³-hybridized carbons (Fsp3) is 0.312. The van der Waals surface area contributed by atoms with E-state index in [0.29, 0.717) is 30.0 Å². The van der Waals surface area contributed by atoms with Crippen LogP contribution in [0.4, 0.5) is 4.39 Å². The SMILES string of the molecule is COc1ccc(F)cc1Cn1c(=O)c(C#N)c2n(c1=O)CCC2. The minimum Gasteiger partial charge on any atom is -0.496 e. The second-order valence-corrected chi connectivity index (χ2v) is 5.32. The smallest absolute Gasteiger partial charge is 0.331 e. The van der Waals surface area contributed by atoms with Gasteiger partial charge in [-0.05, 0) is 31.0 Å². The third-order valence-electron chi connectivity index (χ3n) is 4.01. The Morgan fingerprint density at radius 2 is 2.17 bits per heavy atom. The van der Waals surface area contributed by atoms with Crippen LogP contribution >= 0.6 is 0 Å². The largest absolute Gasteiger partial charge is 0.496 e. The van der Waals surface area contributed by atoms with Crippen molar-refractivity contribution < 1.29 is 9.13 Å². The number of benzene rings is 1. The molecule has 0 radical (unpaired) electrons. The molecule has 0 bridgehead atoms. The summed E-state index contributed by atoms with van der Waals surface area (Å²) >= 11 is 0. The molecule has 23 heavy (non-hydrogen) atoms. The molecule has 0 saturated carbocycles. The summed E-state index contributed by atoms with van der Waals surface area (Å²) in [6, 6.07) is 5.78. The first-order valence-corrected chi connectivity index (χ1v) is 7.16. The molecule has 2 heterocycles. The lowest BCUT2D eigenvalue weighted by Gasteiger charge is -2.13. The van der Waals surface area contributed by atoms with Crippen LogP contribution in [0.2, 0.25) is 0 Å². The normalized spacial score (nSPS) is 12.7. The number of nitriles is 1. The van der Waals surface area contributed by atoms with Gasteiger partial charge in [0.25, 0.3) is 5.56 Å². The van der Waals surface area contributed by atoms with E-state index in [1.165, 1.54) is 29.9 Å². The van der Waals surface area contributed by atoms with E-state index in [1.807, 2.05) is 6.07 Å². The molecule has 1 aromatic carbocycles. The van der Waals surface area contributed by atoms with Gasteiger partial charge in [0.05, 0.1) is 13.7 Å². The summed E-state index contributed by atoms with van der Waals surface area (Å²) in [5, 5.41) is 9.25. The van der Waals surface area contributed by atoms with Crippen LogP contribution in [0.3, 0.4) is 0 Å². The zero-order valence-corrected chi connectivity index (χ0v) is 12.5. The lowest BCUT2D eigenvalue weighted by Crippen LogP contribution is -2.42. The number of methoxy groups -OCH3 is 1. The first-order valence-electron chi connectivity index (χ1n) is 7.16. The van der Waals surface area contributed by atoms with Crippen molar-refractivity contribution in [2.45, 2.75) is 25.9 Å². The monoisotopic (exact) mass is 315 g/mol. The molecule has 1 aliphatic rings. The molecule has 0 spiro atoms. The van der Waals surface area contributed by atoms with Crippen molar-refractivity contribution >= 4 is 0 Å². The minimum atomic E-state index is -0.642. The van der Waals surface area contributed by atoms with E-state index in [9.17, 15) is 19.2 Å². The van der Waals surface area contributed by atoms with Crippen LogP contribution in [0.5, 0.6) is 5.75 Å². The van der Waals surface area contributed by atoms with Gasteiger partial charge in [-0.3, -0.25) is 13.9 Å². The molecule has 118 valence electrons. The minimum absolute atomic E-state index is 0.0162. The molecule has 2 aromatic rings. The first-order chi connectivity index (χ1) is 11.1. The van der Waals surface area contributed by atoms with E-state index in [0.717, 1.165) is 11.0 Å². The zero-order valence-electron chi connectivity index (χ0n) is 12.5. The van der Waals surface area contributed by atoms with E-state index in [2.05, 4.69) is 0 Å². The maximum absolute atomic E-state index is 13.5.